The van der Waals surface area contributed by atoms with Gasteiger partial charge in [-0.05, 0) is 77.6 Å². The number of hydrogen-bond donors (Lipinski definition) is 3. The first-order chi connectivity index (χ1) is 16.9. The summed E-state index contributed by atoms with van der Waals surface area (Å²) in [6.45, 7) is 1.21. The third-order valence-electron chi connectivity index (χ3n) is 5.76. The van der Waals surface area contributed by atoms with Gasteiger partial charge in [0.05, 0.1) is 12.5 Å². The van der Waals surface area contributed by atoms with Crippen LogP contribution < -0.4 is 15.8 Å². The summed E-state index contributed by atoms with van der Waals surface area (Å²) in [7, 11) is 0. The number of rotatable bonds is 9. The van der Waals surface area contributed by atoms with Crippen LogP contribution in [0, 0.1) is 5.82 Å². The standard InChI is InChI=1S/C27H27FN2O5/c28-22-9-17(15-29)8-19(11-22)20-10-21(13-24(12-20)35-16-23-5-3-7-34-23)27(33)30-25-6-2-1-4-18(25)14-26(31)32/h1-2,4,6,8-13,23H,3,5,7,14-16,29H2,(H,30,33)(H,31,32)/t23-/m0/s1. The van der Waals surface area contributed by atoms with Gasteiger partial charge in [-0.15, -0.1) is 0 Å². The molecule has 3 aromatic rings. The van der Waals surface area contributed by atoms with Gasteiger partial charge in [0.25, 0.3) is 5.91 Å². The normalized spacial score (nSPS) is 15.1. The Labute approximate surface area is 202 Å². The van der Waals surface area contributed by atoms with Crippen molar-refractivity contribution >= 4 is 17.6 Å². The number of carboxylic acid groups (broad SMARTS) is 1. The van der Waals surface area contributed by atoms with Crippen molar-refractivity contribution in [2.75, 3.05) is 18.5 Å². The summed E-state index contributed by atoms with van der Waals surface area (Å²) in [4.78, 5) is 24.4. The molecule has 0 saturated carbocycles. The lowest BCUT2D eigenvalue weighted by atomic mass is 9.99. The van der Waals surface area contributed by atoms with Crippen molar-refractivity contribution < 1.29 is 28.6 Å². The highest BCUT2D eigenvalue weighted by atomic mass is 19.1. The molecule has 1 aliphatic heterocycles. The highest BCUT2D eigenvalue weighted by molar-refractivity contribution is 6.06. The Hall–Kier alpha value is -3.75. The third kappa shape index (κ3) is 6.44. The van der Waals surface area contributed by atoms with Crippen LogP contribution in [0.15, 0.2) is 60.7 Å². The molecule has 8 heteroatoms. The van der Waals surface area contributed by atoms with Gasteiger partial charge in [-0.3, -0.25) is 9.59 Å². The molecule has 1 aliphatic rings. The van der Waals surface area contributed by atoms with Crippen molar-refractivity contribution in [1.82, 2.24) is 0 Å². The van der Waals surface area contributed by atoms with Crippen LogP contribution in [-0.4, -0.2) is 36.3 Å². The Bertz CT molecular complexity index is 1220. The van der Waals surface area contributed by atoms with E-state index in [-0.39, 0.29) is 24.6 Å². The van der Waals surface area contributed by atoms with E-state index in [1.54, 1.807) is 48.5 Å². The van der Waals surface area contributed by atoms with Gasteiger partial charge in [0.15, 0.2) is 0 Å². The number of nitrogens with two attached hydrogens (primary N) is 1. The number of amides is 1. The summed E-state index contributed by atoms with van der Waals surface area (Å²) < 4.78 is 25.8. The highest BCUT2D eigenvalue weighted by Gasteiger charge is 2.18. The Balaban J connectivity index is 1.66. The van der Waals surface area contributed by atoms with E-state index >= 15 is 0 Å². The Morgan fingerprint density at radius 1 is 1.11 bits per heavy atom. The van der Waals surface area contributed by atoms with Crippen molar-refractivity contribution in [3.63, 3.8) is 0 Å². The smallest absolute Gasteiger partial charge is 0.307 e. The van der Waals surface area contributed by atoms with Crippen LogP contribution in [0.4, 0.5) is 10.1 Å². The third-order valence-corrected chi connectivity index (χ3v) is 5.76. The van der Waals surface area contributed by atoms with Gasteiger partial charge in [0.2, 0.25) is 0 Å². The van der Waals surface area contributed by atoms with Gasteiger partial charge in [-0.2, -0.15) is 0 Å². The fraction of sp³-hybridized carbons (Fsp3) is 0.259. The number of para-hydroxylation sites is 1. The summed E-state index contributed by atoms with van der Waals surface area (Å²) in [6.07, 6.45) is 1.63. The van der Waals surface area contributed by atoms with Crippen molar-refractivity contribution in [2.45, 2.75) is 31.9 Å². The van der Waals surface area contributed by atoms with Crippen molar-refractivity contribution in [3.8, 4) is 16.9 Å². The molecule has 1 atom stereocenters. The number of nitrogens with one attached hydrogen (secondary N) is 1. The minimum absolute atomic E-state index is 0.0168. The number of carboxylic acids is 1. The monoisotopic (exact) mass is 478 g/mol. The van der Waals surface area contributed by atoms with Crippen LogP contribution in [0.5, 0.6) is 5.75 Å². The summed E-state index contributed by atoms with van der Waals surface area (Å²) in [5.41, 5.74) is 8.67. The second kappa shape index (κ2) is 11.1. The van der Waals surface area contributed by atoms with Gasteiger partial charge >= 0.3 is 5.97 Å². The number of benzene rings is 3. The van der Waals surface area contributed by atoms with Crippen LogP contribution in [-0.2, 0) is 22.5 Å². The fourth-order valence-electron chi connectivity index (χ4n) is 4.03. The molecule has 0 aromatic heterocycles. The Morgan fingerprint density at radius 2 is 1.91 bits per heavy atom. The Morgan fingerprint density at radius 3 is 2.66 bits per heavy atom. The van der Waals surface area contributed by atoms with Crippen LogP contribution in [0.2, 0.25) is 0 Å². The van der Waals surface area contributed by atoms with Gasteiger partial charge < -0.3 is 25.6 Å². The topological polar surface area (TPSA) is 111 Å². The molecular weight excluding hydrogens is 451 g/mol. The number of halogens is 1. The van der Waals surface area contributed by atoms with Gasteiger partial charge in [0.1, 0.15) is 18.2 Å². The minimum atomic E-state index is -1.000. The van der Waals surface area contributed by atoms with E-state index in [0.717, 1.165) is 12.8 Å². The van der Waals surface area contributed by atoms with E-state index in [1.807, 2.05) is 0 Å². The average Bonchev–Trinajstić information content (AvgIpc) is 3.37. The zero-order valence-electron chi connectivity index (χ0n) is 19.1. The molecule has 35 heavy (non-hydrogen) atoms. The van der Waals surface area contributed by atoms with E-state index in [9.17, 15) is 19.1 Å². The van der Waals surface area contributed by atoms with Crippen LogP contribution in [0.3, 0.4) is 0 Å². The van der Waals surface area contributed by atoms with E-state index < -0.39 is 17.7 Å². The van der Waals surface area contributed by atoms with Gasteiger partial charge in [-0.1, -0.05) is 18.2 Å². The molecule has 0 radical (unpaired) electrons. The molecule has 0 spiro atoms. The van der Waals surface area contributed by atoms with Crippen LogP contribution in [0.25, 0.3) is 11.1 Å². The second-order valence-electron chi connectivity index (χ2n) is 8.43. The predicted molar refractivity (Wildman–Crippen MR) is 130 cm³/mol. The lowest BCUT2D eigenvalue weighted by Crippen LogP contribution is -2.17. The van der Waals surface area contributed by atoms with Gasteiger partial charge in [0, 0.05) is 24.4 Å². The SMILES string of the molecule is NCc1cc(F)cc(-c2cc(OC[C@@H]3CCCO3)cc(C(=O)Nc3ccccc3CC(=O)O)c2)c1. The zero-order valence-corrected chi connectivity index (χ0v) is 19.1. The molecule has 1 fully saturated rings. The summed E-state index contributed by atoms with van der Waals surface area (Å²) in [5, 5.41) is 12.0. The molecule has 0 aliphatic carbocycles. The fourth-order valence-corrected chi connectivity index (χ4v) is 4.03. The molecule has 7 nitrogen and oxygen atoms in total. The van der Waals surface area contributed by atoms with E-state index in [1.165, 1.54) is 12.1 Å². The number of carbonyl (C=O) groups excluding carboxylic acids is 1. The minimum Gasteiger partial charge on any atom is -0.491 e. The van der Waals surface area contributed by atoms with Crippen molar-refractivity contribution in [1.29, 1.82) is 0 Å². The number of hydrogen-bond acceptors (Lipinski definition) is 5. The molecule has 1 saturated heterocycles. The summed E-state index contributed by atoms with van der Waals surface area (Å²) in [5.74, 6) is -1.43. The number of carbonyl (C=O) groups is 2. The molecular formula is C27H27FN2O5. The predicted octanol–water partition coefficient (Wildman–Crippen LogP) is 4.39. The molecule has 3 aromatic carbocycles. The quantitative estimate of drug-likeness (QED) is 0.421. The van der Waals surface area contributed by atoms with E-state index in [2.05, 4.69) is 5.32 Å². The zero-order chi connectivity index (χ0) is 24.8. The molecule has 4 rings (SSSR count). The summed E-state index contributed by atoms with van der Waals surface area (Å²) >= 11 is 0. The first-order valence-corrected chi connectivity index (χ1v) is 11.4. The van der Waals surface area contributed by atoms with E-state index in [4.69, 9.17) is 15.2 Å². The number of aliphatic carboxylic acids is 1. The maximum Gasteiger partial charge on any atom is 0.307 e. The van der Waals surface area contributed by atoms with Crippen molar-refractivity contribution in [2.24, 2.45) is 5.73 Å². The van der Waals surface area contributed by atoms with Crippen molar-refractivity contribution in [3.05, 3.63) is 83.2 Å². The summed E-state index contributed by atoms with van der Waals surface area (Å²) in [6, 6.07) is 16.2. The van der Waals surface area contributed by atoms with Gasteiger partial charge in [-0.25, -0.2) is 4.39 Å². The molecule has 0 bridgehead atoms. The first kappa shape index (κ1) is 24.4. The highest BCUT2D eigenvalue weighted by Crippen LogP contribution is 2.29. The van der Waals surface area contributed by atoms with Crippen LogP contribution >= 0.6 is 0 Å². The number of ether oxygens (including phenoxy) is 2. The maximum absolute atomic E-state index is 14.2. The maximum atomic E-state index is 14.2. The lowest BCUT2D eigenvalue weighted by Gasteiger charge is -2.15. The molecule has 0 unspecified atom stereocenters. The molecule has 1 amide bonds. The number of anilines is 1. The largest absolute Gasteiger partial charge is 0.491 e. The Kier molecular flexibility index (Phi) is 7.74. The lowest BCUT2D eigenvalue weighted by molar-refractivity contribution is -0.136. The average molecular weight is 479 g/mol. The molecule has 4 N–H and O–H groups in total. The second-order valence-corrected chi connectivity index (χ2v) is 8.43. The van der Waals surface area contributed by atoms with Crippen LogP contribution in [0.1, 0.15) is 34.3 Å². The van der Waals surface area contributed by atoms with E-state index in [0.29, 0.717) is 46.9 Å². The molecule has 182 valence electrons. The first-order valence-electron chi connectivity index (χ1n) is 11.4. The molecule has 1 heterocycles.